The smallest absolute Gasteiger partial charge is 0.279 e. The molecule has 0 aliphatic rings. The molecule has 0 saturated carbocycles. The van der Waals surface area contributed by atoms with Gasteiger partial charge >= 0.3 is 0 Å². The van der Waals surface area contributed by atoms with Crippen LogP contribution < -0.4 is 25.1 Å². The van der Waals surface area contributed by atoms with Crippen molar-refractivity contribution in [2.24, 2.45) is 0 Å². The highest BCUT2D eigenvalue weighted by molar-refractivity contribution is 5.91. The number of rotatable bonds is 8. The van der Waals surface area contributed by atoms with E-state index in [0.29, 0.717) is 34.1 Å². The summed E-state index contributed by atoms with van der Waals surface area (Å²) in [4.78, 5) is 13.2. The lowest BCUT2D eigenvalue weighted by atomic mass is 9.85. The molecule has 0 saturated heterocycles. The van der Waals surface area contributed by atoms with Crippen molar-refractivity contribution in [3.63, 3.8) is 0 Å². The second-order valence-corrected chi connectivity index (χ2v) is 6.48. The van der Waals surface area contributed by atoms with Gasteiger partial charge in [-0.25, -0.2) is 0 Å². The SMILES string of the molecule is COc1ccc(NNC(=O)C(O)(c2cccc(OC)c2)c2cccc(OC)c2)cc1. The van der Waals surface area contributed by atoms with Crippen LogP contribution in [0.15, 0.2) is 72.8 Å². The summed E-state index contributed by atoms with van der Waals surface area (Å²) in [5.74, 6) is 1.06. The lowest BCUT2D eigenvalue weighted by molar-refractivity contribution is -0.136. The highest BCUT2D eigenvalue weighted by atomic mass is 16.5. The van der Waals surface area contributed by atoms with Gasteiger partial charge in [-0.05, 0) is 48.5 Å². The maximum atomic E-state index is 13.2. The molecule has 0 spiro atoms. The standard InChI is InChI=1S/C23H24N2O5/c1-28-19-12-10-18(11-13-19)24-25-22(26)23(27,16-6-4-8-20(14-16)29-2)17-7-5-9-21(15-17)30-3/h4-15,24,27H,1-3H3,(H,25,26). The highest BCUT2D eigenvalue weighted by Crippen LogP contribution is 2.33. The van der Waals surface area contributed by atoms with Crippen molar-refractivity contribution in [1.29, 1.82) is 0 Å². The normalized spacial score (nSPS) is 10.8. The maximum absolute atomic E-state index is 13.2. The van der Waals surface area contributed by atoms with Crippen LogP contribution in [0.4, 0.5) is 5.69 Å². The minimum Gasteiger partial charge on any atom is -0.497 e. The summed E-state index contributed by atoms with van der Waals surface area (Å²) in [5.41, 5.74) is 4.74. The first-order valence-corrected chi connectivity index (χ1v) is 9.23. The van der Waals surface area contributed by atoms with Crippen LogP contribution in [-0.2, 0) is 10.4 Å². The third kappa shape index (κ3) is 4.31. The maximum Gasteiger partial charge on any atom is 0.279 e. The summed E-state index contributed by atoms with van der Waals surface area (Å²) < 4.78 is 15.7. The Kier molecular flexibility index (Phi) is 6.44. The zero-order chi connectivity index (χ0) is 21.6. The molecular formula is C23H24N2O5. The fourth-order valence-electron chi connectivity index (χ4n) is 3.02. The first kappa shape index (κ1) is 21.0. The molecule has 3 rings (SSSR count). The molecule has 3 N–H and O–H groups in total. The Hall–Kier alpha value is -3.71. The highest BCUT2D eigenvalue weighted by Gasteiger charge is 2.40. The number of hydrazine groups is 1. The average Bonchev–Trinajstić information content (AvgIpc) is 2.82. The van der Waals surface area contributed by atoms with Gasteiger partial charge in [-0.2, -0.15) is 0 Å². The van der Waals surface area contributed by atoms with Crippen LogP contribution in [0.1, 0.15) is 11.1 Å². The number of aliphatic hydroxyl groups is 1. The first-order valence-electron chi connectivity index (χ1n) is 9.23. The fourth-order valence-corrected chi connectivity index (χ4v) is 3.02. The van der Waals surface area contributed by atoms with E-state index in [-0.39, 0.29) is 0 Å². The molecule has 3 aromatic rings. The van der Waals surface area contributed by atoms with Crippen molar-refractivity contribution in [3.05, 3.63) is 83.9 Å². The number of anilines is 1. The van der Waals surface area contributed by atoms with Crippen molar-refractivity contribution >= 4 is 11.6 Å². The largest absolute Gasteiger partial charge is 0.497 e. The van der Waals surface area contributed by atoms with Gasteiger partial charge < -0.3 is 19.3 Å². The predicted octanol–water partition coefficient (Wildman–Crippen LogP) is 3.09. The number of hydrogen-bond donors (Lipinski definition) is 3. The topological polar surface area (TPSA) is 89.1 Å². The zero-order valence-corrected chi connectivity index (χ0v) is 17.0. The molecule has 0 radical (unpaired) electrons. The van der Waals surface area contributed by atoms with E-state index in [1.165, 1.54) is 14.2 Å². The predicted molar refractivity (Wildman–Crippen MR) is 114 cm³/mol. The number of hydrogen-bond acceptors (Lipinski definition) is 6. The Labute approximate surface area is 175 Å². The molecule has 156 valence electrons. The Morgan fingerprint density at radius 3 is 1.73 bits per heavy atom. The minimum atomic E-state index is -2.00. The Morgan fingerprint density at radius 2 is 1.27 bits per heavy atom. The van der Waals surface area contributed by atoms with E-state index in [0.717, 1.165) is 0 Å². The lowest BCUT2D eigenvalue weighted by Gasteiger charge is -2.29. The average molecular weight is 408 g/mol. The van der Waals surface area contributed by atoms with E-state index in [2.05, 4.69) is 10.9 Å². The fraction of sp³-hybridized carbons (Fsp3) is 0.174. The van der Waals surface area contributed by atoms with Crippen LogP contribution in [0.5, 0.6) is 17.2 Å². The molecule has 0 unspecified atom stereocenters. The van der Waals surface area contributed by atoms with Crippen molar-refractivity contribution in [3.8, 4) is 17.2 Å². The van der Waals surface area contributed by atoms with E-state index in [9.17, 15) is 9.90 Å². The monoisotopic (exact) mass is 408 g/mol. The number of carbonyl (C=O) groups is 1. The van der Waals surface area contributed by atoms with Gasteiger partial charge in [-0.3, -0.25) is 15.6 Å². The number of ether oxygens (including phenoxy) is 3. The van der Waals surface area contributed by atoms with Crippen LogP contribution in [0.25, 0.3) is 0 Å². The van der Waals surface area contributed by atoms with Gasteiger partial charge in [-0.1, -0.05) is 24.3 Å². The molecule has 0 bridgehead atoms. The summed E-state index contributed by atoms with van der Waals surface area (Å²) in [5, 5.41) is 11.6. The van der Waals surface area contributed by atoms with Crippen molar-refractivity contribution in [1.82, 2.24) is 5.43 Å². The number of amides is 1. The summed E-state index contributed by atoms with van der Waals surface area (Å²) >= 11 is 0. The molecule has 0 aromatic heterocycles. The van der Waals surface area contributed by atoms with Gasteiger partial charge in [0.15, 0.2) is 5.60 Å². The molecule has 0 aliphatic carbocycles. The number of methoxy groups -OCH3 is 3. The summed E-state index contributed by atoms with van der Waals surface area (Å²) in [6, 6.07) is 20.5. The van der Waals surface area contributed by atoms with Crippen LogP contribution in [0, 0.1) is 0 Å². The summed E-state index contributed by atoms with van der Waals surface area (Å²) in [7, 11) is 4.62. The Morgan fingerprint density at radius 1 is 0.767 bits per heavy atom. The molecule has 1 amide bonds. The van der Waals surface area contributed by atoms with Gasteiger partial charge in [0, 0.05) is 11.1 Å². The van der Waals surface area contributed by atoms with Crippen LogP contribution in [0.2, 0.25) is 0 Å². The Balaban J connectivity index is 1.96. The van der Waals surface area contributed by atoms with E-state index in [4.69, 9.17) is 14.2 Å². The number of carbonyl (C=O) groups excluding carboxylic acids is 1. The molecule has 3 aromatic carbocycles. The third-order valence-corrected chi connectivity index (χ3v) is 4.71. The van der Waals surface area contributed by atoms with E-state index >= 15 is 0 Å². The molecular weight excluding hydrogens is 384 g/mol. The van der Waals surface area contributed by atoms with Crippen LogP contribution >= 0.6 is 0 Å². The van der Waals surface area contributed by atoms with E-state index in [1.807, 2.05) is 0 Å². The number of nitrogens with one attached hydrogen (secondary N) is 2. The Bertz CT molecular complexity index is 957. The molecule has 0 aliphatic heterocycles. The molecule has 7 nitrogen and oxygen atoms in total. The van der Waals surface area contributed by atoms with E-state index < -0.39 is 11.5 Å². The molecule has 0 heterocycles. The van der Waals surface area contributed by atoms with Crippen LogP contribution in [0.3, 0.4) is 0 Å². The van der Waals surface area contributed by atoms with Gasteiger partial charge in [0.25, 0.3) is 5.91 Å². The van der Waals surface area contributed by atoms with Gasteiger partial charge in [-0.15, -0.1) is 0 Å². The third-order valence-electron chi connectivity index (χ3n) is 4.71. The lowest BCUT2D eigenvalue weighted by Crippen LogP contribution is -2.47. The van der Waals surface area contributed by atoms with Crippen molar-refractivity contribution in [2.45, 2.75) is 5.60 Å². The molecule has 0 fully saturated rings. The van der Waals surface area contributed by atoms with Gasteiger partial charge in [0.1, 0.15) is 17.2 Å². The molecule has 0 atom stereocenters. The second kappa shape index (κ2) is 9.19. The number of benzene rings is 3. The zero-order valence-electron chi connectivity index (χ0n) is 17.0. The summed E-state index contributed by atoms with van der Waals surface area (Å²) in [6.45, 7) is 0. The van der Waals surface area contributed by atoms with E-state index in [1.54, 1.807) is 79.9 Å². The van der Waals surface area contributed by atoms with Gasteiger partial charge in [0.2, 0.25) is 0 Å². The first-order chi connectivity index (χ1) is 14.5. The quantitative estimate of drug-likeness (QED) is 0.497. The molecule has 30 heavy (non-hydrogen) atoms. The van der Waals surface area contributed by atoms with Crippen molar-refractivity contribution in [2.75, 3.05) is 26.8 Å². The minimum absolute atomic E-state index is 0.351. The van der Waals surface area contributed by atoms with Crippen LogP contribution in [-0.4, -0.2) is 32.3 Å². The van der Waals surface area contributed by atoms with Crippen molar-refractivity contribution < 1.29 is 24.1 Å². The van der Waals surface area contributed by atoms with Gasteiger partial charge in [0.05, 0.1) is 27.0 Å². The molecule has 7 heteroatoms. The second-order valence-electron chi connectivity index (χ2n) is 6.48. The summed E-state index contributed by atoms with van der Waals surface area (Å²) in [6.07, 6.45) is 0.